The molecule has 138 valence electrons. The summed E-state index contributed by atoms with van der Waals surface area (Å²) in [5, 5.41) is 4.76. The van der Waals surface area contributed by atoms with Gasteiger partial charge in [0.25, 0.3) is 0 Å². The van der Waals surface area contributed by atoms with Gasteiger partial charge in [0, 0.05) is 23.8 Å². The van der Waals surface area contributed by atoms with E-state index in [0.29, 0.717) is 23.1 Å². The van der Waals surface area contributed by atoms with Crippen LogP contribution >= 0.6 is 11.6 Å². The van der Waals surface area contributed by atoms with Gasteiger partial charge in [-0.1, -0.05) is 23.7 Å². The number of benzene rings is 2. The predicted molar refractivity (Wildman–Crippen MR) is 105 cm³/mol. The Bertz CT molecular complexity index is 962. The molecule has 0 unspecified atom stereocenters. The Morgan fingerprint density at radius 1 is 1.19 bits per heavy atom. The van der Waals surface area contributed by atoms with E-state index < -0.39 is 0 Å². The number of hydrogen-bond donors (Lipinski definition) is 0. The molecule has 0 saturated carbocycles. The minimum absolute atomic E-state index is 0.148. The molecule has 0 bridgehead atoms. The average molecular weight is 383 g/mol. The molecule has 3 aromatic rings. The molecule has 27 heavy (non-hydrogen) atoms. The summed E-state index contributed by atoms with van der Waals surface area (Å²) in [7, 11) is 3.39. The third kappa shape index (κ3) is 4.99. The molecule has 0 fully saturated rings. The van der Waals surface area contributed by atoms with E-state index in [9.17, 15) is 4.79 Å². The molecule has 1 aromatic heterocycles. The second kappa shape index (κ2) is 8.56. The first kappa shape index (κ1) is 18.7. The maximum absolute atomic E-state index is 12.2. The molecule has 0 aliphatic carbocycles. The number of ketones is 1. The highest BCUT2D eigenvalue weighted by Crippen LogP contribution is 2.23. The number of aromatic nitrogens is 2. The first-order chi connectivity index (χ1) is 13.0. The number of carbonyl (C=O) groups excluding carboxylic acids is 1. The van der Waals surface area contributed by atoms with Gasteiger partial charge in [-0.15, -0.1) is 0 Å². The molecular formula is C21H19ClN2O3. The van der Waals surface area contributed by atoms with E-state index in [-0.39, 0.29) is 5.78 Å². The van der Waals surface area contributed by atoms with Gasteiger partial charge in [-0.2, -0.15) is 5.10 Å². The van der Waals surface area contributed by atoms with Gasteiger partial charge in [-0.25, -0.2) is 0 Å². The number of carbonyl (C=O) groups is 1. The first-order valence-corrected chi connectivity index (χ1v) is 8.70. The van der Waals surface area contributed by atoms with E-state index in [1.807, 2.05) is 30.3 Å². The van der Waals surface area contributed by atoms with Crippen molar-refractivity contribution in [3.05, 3.63) is 82.6 Å². The van der Waals surface area contributed by atoms with Gasteiger partial charge < -0.3 is 9.47 Å². The minimum atomic E-state index is -0.148. The van der Waals surface area contributed by atoms with Crippen molar-refractivity contribution in [3.8, 4) is 11.5 Å². The van der Waals surface area contributed by atoms with Crippen LogP contribution in [0.1, 0.15) is 21.6 Å². The lowest BCUT2D eigenvalue weighted by Gasteiger charge is -2.11. The number of nitrogens with zero attached hydrogens (tertiary/aromatic N) is 2. The highest BCUT2D eigenvalue weighted by Gasteiger charge is 2.07. The van der Waals surface area contributed by atoms with Crippen LogP contribution in [-0.2, 0) is 13.7 Å². The summed E-state index contributed by atoms with van der Waals surface area (Å²) in [4.78, 5) is 12.2. The van der Waals surface area contributed by atoms with Crippen LogP contribution in [0.25, 0.3) is 6.08 Å². The minimum Gasteiger partial charge on any atom is -0.496 e. The van der Waals surface area contributed by atoms with Crippen LogP contribution in [-0.4, -0.2) is 22.7 Å². The van der Waals surface area contributed by atoms with E-state index in [0.717, 1.165) is 16.9 Å². The maximum Gasteiger partial charge on any atom is 0.206 e. The normalized spacial score (nSPS) is 10.9. The van der Waals surface area contributed by atoms with Crippen molar-refractivity contribution in [1.82, 2.24) is 9.78 Å². The molecule has 0 saturated heterocycles. The van der Waals surface area contributed by atoms with Gasteiger partial charge in [0.1, 0.15) is 23.8 Å². The molecule has 0 spiro atoms. The van der Waals surface area contributed by atoms with E-state index in [1.165, 1.54) is 6.08 Å². The molecule has 3 rings (SSSR count). The Balaban J connectivity index is 1.73. The lowest BCUT2D eigenvalue weighted by molar-refractivity contribution is 0.104. The van der Waals surface area contributed by atoms with E-state index in [4.69, 9.17) is 21.1 Å². The van der Waals surface area contributed by atoms with Gasteiger partial charge in [0.15, 0.2) is 0 Å². The van der Waals surface area contributed by atoms with Crippen molar-refractivity contribution in [1.29, 1.82) is 0 Å². The quantitative estimate of drug-likeness (QED) is 0.444. The number of hydrogen-bond acceptors (Lipinski definition) is 4. The van der Waals surface area contributed by atoms with E-state index in [2.05, 4.69) is 5.10 Å². The van der Waals surface area contributed by atoms with Crippen molar-refractivity contribution in [2.75, 3.05) is 7.11 Å². The Morgan fingerprint density at radius 2 is 1.96 bits per heavy atom. The third-order valence-electron chi connectivity index (χ3n) is 3.91. The Kier molecular flexibility index (Phi) is 5.94. The summed E-state index contributed by atoms with van der Waals surface area (Å²) in [5.74, 6) is 1.29. The first-order valence-electron chi connectivity index (χ1n) is 8.32. The molecule has 5 nitrogen and oxygen atoms in total. The summed E-state index contributed by atoms with van der Waals surface area (Å²) in [5.41, 5.74) is 2.16. The van der Waals surface area contributed by atoms with E-state index >= 15 is 0 Å². The fourth-order valence-corrected chi connectivity index (χ4v) is 2.64. The second-order valence-electron chi connectivity index (χ2n) is 5.89. The zero-order chi connectivity index (χ0) is 19.2. The monoisotopic (exact) mass is 382 g/mol. The Hall–Kier alpha value is -3.05. The third-order valence-corrected chi connectivity index (χ3v) is 4.16. The number of aryl methyl sites for hydroxylation is 1. The average Bonchev–Trinajstić information content (AvgIpc) is 3.12. The number of allylic oxidation sites excluding steroid dienone is 1. The van der Waals surface area contributed by atoms with Gasteiger partial charge in [0.05, 0.1) is 7.11 Å². The van der Waals surface area contributed by atoms with Gasteiger partial charge in [-0.3, -0.25) is 9.48 Å². The van der Waals surface area contributed by atoms with Gasteiger partial charge >= 0.3 is 0 Å². The van der Waals surface area contributed by atoms with Crippen molar-refractivity contribution >= 4 is 23.5 Å². The zero-order valence-electron chi connectivity index (χ0n) is 15.1. The van der Waals surface area contributed by atoms with Gasteiger partial charge in [-0.05, 0) is 54.1 Å². The molecule has 0 amide bonds. The molecule has 1 heterocycles. The van der Waals surface area contributed by atoms with Crippen molar-refractivity contribution < 1.29 is 14.3 Å². The molecular weight excluding hydrogens is 364 g/mol. The summed E-state index contributed by atoms with van der Waals surface area (Å²) in [6.45, 7) is 0.334. The van der Waals surface area contributed by atoms with Crippen LogP contribution < -0.4 is 9.47 Å². The van der Waals surface area contributed by atoms with Crippen LogP contribution in [0.15, 0.2) is 60.8 Å². The fourth-order valence-electron chi connectivity index (χ4n) is 2.51. The number of methoxy groups -OCH3 is 1. The van der Waals surface area contributed by atoms with Crippen LogP contribution in [0.3, 0.4) is 0 Å². The number of rotatable bonds is 7. The van der Waals surface area contributed by atoms with Gasteiger partial charge in [0.2, 0.25) is 5.78 Å². The van der Waals surface area contributed by atoms with Crippen LogP contribution in [0.5, 0.6) is 11.5 Å². The molecule has 6 heteroatoms. The lowest BCUT2D eigenvalue weighted by Crippen LogP contribution is -2.00. The SMILES string of the molecule is COc1ccc(/C=C/C(=O)c2ccn(C)n2)cc1COc1ccc(Cl)cc1. The lowest BCUT2D eigenvalue weighted by atomic mass is 10.1. The second-order valence-corrected chi connectivity index (χ2v) is 6.32. The molecule has 0 atom stereocenters. The Labute approximate surface area is 162 Å². The van der Waals surface area contributed by atoms with E-state index in [1.54, 1.807) is 49.3 Å². The van der Waals surface area contributed by atoms with Crippen molar-refractivity contribution in [3.63, 3.8) is 0 Å². The number of halogens is 1. The van der Waals surface area contributed by atoms with Crippen molar-refractivity contribution in [2.45, 2.75) is 6.61 Å². The smallest absolute Gasteiger partial charge is 0.206 e. The fraction of sp³-hybridized carbons (Fsp3) is 0.143. The molecule has 0 aliphatic heterocycles. The summed E-state index contributed by atoms with van der Waals surface area (Å²) < 4.78 is 12.8. The molecule has 2 aromatic carbocycles. The van der Waals surface area contributed by atoms with Crippen LogP contribution in [0.2, 0.25) is 5.02 Å². The molecule has 0 radical (unpaired) electrons. The zero-order valence-corrected chi connectivity index (χ0v) is 15.8. The molecule has 0 aliphatic rings. The summed E-state index contributed by atoms with van der Waals surface area (Å²) >= 11 is 5.89. The van der Waals surface area contributed by atoms with Crippen molar-refractivity contribution in [2.24, 2.45) is 7.05 Å². The Morgan fingerprint density at radius 3 is 2.63 bits per heavy atom. The summed E-state index contributed by atoms with van der Waals surface area (Å²) in [6, 6.07) is 14.5. The molecule has 0 N–H and O–H groups in total. The summed E-state index contributed by atoms with van der Waals surface area (Å²) in [6.07, 6.45) is 5.00. The largest absolute Gasteiger partial charge is 0.496 e. The topological polar surface area (TPSA) is 53.4 Å². The van der Waals surface area contributed by atoms with Crippen LogP contribution in [0, 0.1) is 0 Å². The highest BCUT2D eigenvalue weighted by molar-refractivity contribution is 6.30. The number of ether oxygens (including phenoxy) is 2. The predicted octanol–water partition coefficient (Wildman–Crippen LogP) is 4.56. The van der Waals surface area contributed by atoms with Crippen LogP contribution in [0.4, 0.5) is 0 Å². The maximum atomic E-state index is 12.2. The standard InChI is InChI=1S/C21H19ClN2O3/c1-24-12-11-19(23-24)20(25)9-3-15-4-10-21(26-2)16(13-15)14-27-18-7-5-17(22)6-8-18/h3-13H,14H2,1-2H3/b9-3+. The highest BCUT2D eigenvalue weighted by atomic mass is 35.5.